The molecule has 1 N–H and O–H groups in total. The number of hydrogen-bond acceptors (Lipinski definition) is 3. The van der Waals surface area contributed by atoms with E-state index in [2.05, 4.69) is 4.90 Å². The number of likely N-dealkylation sites (tertiary alicyclic amines) is 1. The third kappa shape index (κ3) is 4.65. The molecule has 1 aromatic rings. The van der Waals surface area contributed by atoms with Gasteiger partial charge in [-0.3, -0.25) is 9.69 Å². The minimum absolute atomic E-state index is 0.242. The summed E-state index contributed by atoms with van der Waals surface area (Å²) in [7, 11) is 0. The number of aliphatic hydroxyl groups is 1. The van der Waals surface area contributed by atoms with Crippen molar-refractivity contribution in [1.82, 2.24) is 4.90 Å². The maximum atomic E-state index is 11.5. The second-order valence-corrected chi connectivity index (χ2v) is 6.52. The van der Waals surface area contributed by atoms with Crippen LogP contribution in [0.4, 0.5) is 0 Å². The SMILES string of the molecule is CC(=O)CC1CCCCCN1CC(C)(O)c1ccccc1. The minimum atomic E-state index is -0.874. The third-order valence-electron chi connectivity index (χ3n) is 4.43. The van der Waals surface area contributed by atoms with Crippen LogP contribution in [0.1, 0.15) is 51.5 Å². The van der Waals surface area contributed by atoms with E-state index in [-0.39, 0.29) is 11.8 Å². The van der Waals surface area contributed by atoms with Crippen molar-refractivity contribution in [3.8, 4) is 0 Å². The zero-order valence-corrected chi connectivity index (χ0v) is 13.2. The topological polar surface area (TPSA) is 40.5 Å². The summed E-state index contributed by atoms with van der Waals surface area (Å²) in [5.41, 5.74) is 0.0662. The van der Waals surface area contributed by atoms with Crippen LogP contribution in [-0.2, 0) is 10.4 Å². The van der Waals surface area contributed by atoms with Gasteiger partial charge in [0.1, 0.15) is 5.78 Å². The zero-order valence-electron chi connectivity index (χ0n) is 13.2. The second-order valence-electron chi connectivity index (χ2n) is 6.52. The van der Waals surface area contributed by atoms with E-state index < -0.39 is 5.60 Å². The molecule has 1 heterocycles. The Morgan fingerprint density at radius 1 is 1.29 bits per heavy atom. The first-order valence-corrected chi connectivity index (χ1v) is 8.00. The molecule has 2 atom stereocenters. The normalized spacial score (nSPS) is 23.3. The van der Waals surface area contributed by atoms with E-state index in [9.17, 15) is 9.90 Å². The van der Waals surface area contributed by atoms with Gasteiger partial charge in [0.15, 0.2) is 0 Å². The summed E-state index contributed by atoms with van der Waals surface area (Å²) >= 11 is 0. The van der Waals surface area contributed by atoms with E-state index in [0.717, 1.165) is 24.9 Å². The van der Waals surface area contributed by atoms with Crippen LogP contribution in [0, 0.1) is 0 Å². The minimum Gasteiger partial charge on any atom is -0.384 e. The first-order chi connectivity index (χ1) is 9.99. The second kappa shape index (κ2) is 7.19. The Morgan fingerprint density at radius 2 is 2.00 bits per heavy atom. The number of carbonyl (C=O) groups is 1. The van der Waals surface area contributed by atoms with Gasteiger partial charge in [-0.05, 0) is 38.8 Å². The molecule has 0 radical (unpaired) electrons. The van der Waals surface area contributed by atoms with E-state index in [4.69, 9.17) is 0 Å². The highest BCUT2D eigenvalue weighted by Gasteiger charge is 2.30. The van der Waals surface area contributed by atoms with Gasteiger partial charge in [0.2, 0.25) is 0 Å². The van der Waals surface area contributed by atoms with Crippen molar-refractivity contribution in [2.75, 3.05) is 13.1 Å². The lowest BCUT2D eigenvalue weighted by atomic mass is 9.94. The molecule has 0 aliphatic carbocycles. The summed E-state index contributed by atoms with van der Waals surface area (Å²) < 4.78 is 0. The van der Waals surface area contributed by atoms with Gasteiger partial charge in [-0.25, -0.2) is 0 Å². The summed E-state index contributed by atoms with van der Waals surface area (Å²) in [4.78, 5) is 13.8. The molecular formula is C18H27NO2. The maximum absolute atomic E-state index is 11.5. The Kier molecular flexibility index (Phi) is 5.54. The van der Waals surface area contributed by atoms with Gasteiger partial charge in [-0.1, -0.05) is 43.2 Å². The lowest BCUT2D eigenvalue weighted by Crippen LogP contribution is -2.45. The number of nitrogens with zero attached hydrogens (tertiary/aromatic N) is 1. The largest absolute Gasteiger partial charge is 0.384 e. The van der Waals surface area contributed by atoms with E-state index in [1.165, 1.54) is 12.8 Å². The number of β-amino-alcohol motifs (C(OH)–C–C–N with tert-alkyl or cyclic N) is 1. The Labute approximate surface area is 128 Å². The fourth-order valence-corrected chi connectivity index (χ4v) is 3.29. The van der Waals surface area contributed by atoms with Crippen molar-refractivity contribution in [3.05, 3.63) is 35.9 Å². The van der Waals surface area contributed by atoms with Gasteiger partial charge in [0.05, 0.1) is 5.60 Å². The molecule has 21 heavy (non-hydrogen) atoms. The number of rotatable bonds is 5. The first-order valence-electron chi connectivity index (χ1n) is 8.00. The standard InChI is InChI=1S/C18H27NO2/c1-15(20)13-17-11-7-4-8-12-19(17)14-18(2,21)16-9-5-3-6-10-16/h3,5-6,9-10,17,21H,4,7-8,11-14H2,1-2H3. The van der Waals surface area contributed by atoms with Crippen LogP contribution in [0.25, 0.3) is 0 Å². The molecule has 116 valence electrons. The number of carbonyl (C=O) groups excluding carboxylic acids is 1. The van der Waals surface area contributed by atoms with Gasteiger partial charge >= 0.3 is 0 Å². The van der Waals surface area contributed by atoms with Crippen LogP contribution < -0.4 is 0 Å². The van der Waals surface area contributed by atoms with E-state index in [1.807, 2.05) is 37.3 Å². The van der Waals surface area contributed by atoms with Crippen molar-refractivity contribution < 1.29 is 9.90 Å². The Balaban J connectivity index is 2.11. The van der Waals surface area contributed by atoms with Crippen molar-refractivity contribution in [2.24, 2.45) is 0 Å². The molecule has 1 aliphatic rings. The van der Waals surface area contributed by atoms with Gasteiger partial charge in [0.25, 0.3) is 0 Å². The molecule has 0 saturated carbocycles. The molecule has 2 rings (SSSR count). The van der Waals surface area contributed by atoms with Gasteiger partial charge in [-0.2, -0.15) is 0 Å². The zero-order chi connectivity index (χ0) is 15.3. The van der Waals surface area contributed by atoms with Crippen LogP contribution in [0.15, 0.2) is 30.3 Å². The van der Waals surface area contributed by atoms with Crippen LogP contribution in [0.5, 0.6) is 0 Å². The van der Waals surface area contributed by atoms with Crippen molar-refractivity contribution in [3.63, 3.8) is 0 Å². The molecule has 1 fully saturated rings. The summed E-state index contributed by atoms with van der Waals surface area (Å²) in [5.74, 6) is 0.242. The average molecular weight is 289 g/mol. The van der Waals surface area contributed by atoms with Gasteiger partial charge < -0.3 is 5.11 Å². The van der Waals surface area contributed by atoms with Crippen molar-refractivity contribution in [2.45, 2.75) is 57.6 Å². The highest BCUT2D eigenvalue weighted by Crippen LogP contribution is 2.26. The third-order valence-corrected chi connectivity index (χ3v) is 4.43. The van der Waals surface area contributed by atoms with Gasteiger partial charge in [0, 0.05) is 19.0 Å². The Bertz CT molecular complexity index is 456. The van der Waals surface area contributed by atoms with Crippen LogP contribution in [0.3, 0.4) is 0 Å². The lowest BCUT2D eigenvalue weighted by molar-refractivity contribution is -0.118. The van der Waals surface area contributed by atoms with Crippen LogP contribution >= 0.6 is 0 Å². The first kappa shape index (κ1) is 16.2. The average Bonchev–Trinajstić information content (AvgIpc) is 2.65. The maximum Gasteiger partial charge on any atom is 0.131 e. The summed E-state index contributed by atoms with van der Waals surface area (Å²) in [5, 5.41) is 10.9. The van der Waals surface area contributed by atoms with E-state index >= 15 is 0 Å². The molecule has 1 saturated heterocycles. The van der Waals surface area contributed by atoms with Crippen LogP contribution in [0.2, 0.25) is 0 Å². The highest BCUT2D eigenvalue weighted by atomic mass is 16.3. The molecule has 3 heteroatoms. The predicted octanol–water partition coefficient (Wildman–Crippen LogP) is 3.12. The number of Topliss-reactive ketones (excluding diaryl/α,β-unsaturated/α-hetero) is 1. The molecule has 1 aromatic carbocycles. The molecular weight excluding hydrogens is 262 g/mol. The molecule has 0 bridgehead atoms. The monoisotopic (exact) mass is 289 g/mol. The lowest BCUT2D eigenvalue weighted by Gasteiger charge is -2.36. The fourth-order valence-electron chi connectivity index (χ4n) is 3.29. The number of benzene rings is 1. The van der Waals surface area contributed by atoms with E-state index in [0.29, 0.717) is 13.0 Å². The highest BCUT2D eigenvalue weighted by molar-refractivity contribution is 5.76. The number of ketones is 1. The summed E-state index contributed by atoms with van der Waals surface area (Å²) in [6.07, 6.45) is 5.22. The Morgan fingerprint density at radius 3 is 2.67 bits per heavy atom. The number of hydrogen-bond donors (Lipinski definition) is 1. The molecule has 0 amide bonds. The fraction of sp³-hybridized carbons (Fsp3) is 0.611. The van der Waals surface area contributed by atoms with E-state index in [1.54, 1.807) is 6.92 Å². The summed E-state index contributed by atoms with van der Waals surface area (Å²) in [6.45, 7) is 5.10. The molecule has 3 nitrogen and oxygen atoms in total. The molecule has 0 spiro atoms. The van der Waals surface area contributed by atoms with Crippen molar-refractivity contribution in [1.29, 1.82) is 0 Å². The van der Waals surface area contributed by atoms with Crippen molar-refractivity contribution >= 4 is 5.78 Å². The quantitative estimate of drug-likeness (QED) is 0.905. The molecule has 2 unspecified atom stereocenters. The Hall–Kier alpha value is -1.19. The van der Waals surface area contributed by atoms with Crippen LogP contribution in [-0.4, -0.2) is 34.9 Å². The smallest absolute Gasteiger partial charge is 0.131 e. The molecule has 1 aliphatic heterocycles. The molecule has 0 aromatic heterocycles. The summed E-state index contributed by atoms with van der Waals surface area (Å²) in [6, 6.07) is 10.1. The van der Waals surface area contributed by atoms with Gasteiger partial charge in [-0.15, -0.1) is 0 Å². The predicted molar refractivity (Wildman–Crippen MR) is 85.1 cm³/mol.